The van der Waals surface area contributed by atoms with Crippen LogP contribution in [-0.2, 0) is 4.74 Å². The highest BCUT2D eigenvalue weighted by Crippen LogP contribution is 2.31. The molecule has 0 spiro atoms. The summed E-state index contributed by atoms with van der Waals surface area (Å²) in [6.45, 7) is 8.24. The van der Waals surface area contributed by atoms with Gasteiger partial charge in [0.2, 0.25) is 5.90 Å². The van der Waals surface area contributed by atoms with E-state index in [-0.39, 0.29) is 6.04 Å². The molecule has 7 heteroatoms. The summed E-state index contributed by atoms with van der Waals surface area (Å²) < 4.78 is 5.90. The lowest BCUT2D eigenvalue weighted by molar-refractivity contribution is 0.130. The van der Waals surface area contributed by atoms with E-state index < -0.39 is 0 Å². The summed E-state index contributed by atoms with van der Waals surface area (Å²) in [4.78, 5) is 4.80. The average Bonchev–Trinajstić information content (AvgIpc) is 2.93. The fraction of sp³-hybridized carbons (Fsp3) is 0.588. The first-order valence-corrected chi connectivity index (χ1v) is 9.14. The molecule has 0 amide bonds. The molecule has 0 bridgehead atoms. The number of halogens is 2. The summed E-state index contributed by atoms with van der Waals surface area (Å²) in [7, 11) is 2.17. The first-order chi connectivity index (χ1) is 11.5. The molecule has 0 saturated carbocycles. The zero-order chi connectivity index (χ0) is 17.1. The van der Waals surface area contributed by atoms with Crippen molar-refractivity contribution in [3.8, 4) is 0 Å². The van der Waals surface area contributed by atoms with Gasteiger partial charge in [0.1, 0.15) is 6.61 Å². The van der Waals surface area contributed by atoms with E-state index in [9.17, 15) is 0 Å². The monoisotopic (exact) mass is 370 g/mol. The normalized spacial score (nSPS) is 22.8. The molecule has 2 aliphatic heterocycles. The van der Waals surface area contributed by atoms with E-state index in [1.807, 2.05) is 17.1 Å². The molecule has 2 aliphatic rings. The molecule has 1 aromatic rings. The van der Waals surface area contributed by atoms with Crippen LogP contribution in [0.25, 0.3) is 0 Å². The minimum atomic E-state index is 0.251. The van der Waals surface area contributed by atoms with Gasteiger partial charge in [0.05, 0.1) is 21.8 Å². The lowest BCUT2D eigenvalue weighted by atomic mass is 10.2. The van der Waals surface area contributed by atoms with E-state index in [1.54, 1.807) is 6.07 Å². The maximum atomic E-state index is 6.11. The predicted octanol–water partition coefficient (Wildman–Crippen LogP) is 3.17. The summed E-state index contributed by atoms with van der Waals surface area (Å²) >= 11 is 12.1. The number of hydrogen-bond acceptors (Lipinski definition) is 5. The van der Waals surface area contributed by atoms with Crippen LogP contribution >= 0.6 is 23.2 Å². The predicted molar refractivity (Wildman–Crippen MR) is 100 cm³/mol. The van der Waals surface area contributed by atoms with E-state index in [4.69, 9.17) is 27.9 Å². The van der Waals surface area contributed by atoms with Crippen molar-refractivity contribution < 1.29 is 4.74 Å². The molecular formula is C17H24Cl2N4O. The Hall–Kier alpha value is -1.01. The molecule has 1 atom stereocenters. The van der Waals surface area contributed by atoms with Gasteiger partial charge in [-0.05, 0) is 32.2 Å². The van der Waals surface area contributed by atoms with Crippen LogP contribution in [0, 0.1) is 0 Å². The van der Waals surface area contributed by atoms with Crippen molar-refractivity contribution in [1.29, 1.82) is 0 Å². The maximum Gasteiger partial charge on any atom is 0.208 e. The summed E-state index contributed by atoms with van der Waals surface area (Å²) in [6.07, 6.45) is 0.809. The Bertz CT molecular complexity index is 602. The smallest absolute Gasteiger partial charge is 0.208 e. The van der Waals surface area contributed by atoms with E-state index in [1.165, 1.54) is 0 Å². The lowest BCUT2D eigenvalue weighted by Crippen LogP contribution is -2.45. The van der Waals surface area contributed by atoms with Gasteiger partial charge in [0.15, 0.2) is 0 Å². The van der Waals surface area contributed by atoms with Crippen molar-refractivity contribution in [3.63, 3.8) is 0 Å². The zero-order valence-corrected chi connectivity index (χ0v) is 15.7. The van der Waals surface area contributed by atoms with Gasteiger partial charge in [-0.25, -0.2) is 0 Å². The maximum absolute atomic E-state index is 6.11. The van der Waals surface area contributed by atoms with Gasteiger partial charge >= 0.3 is 0 Å². The first-order valence-electron chi connectivity index (χ1n) is 8.38. The van der Waals surface area contributed by atoms with E-state index in [0.717, 1.165) is 50.7 Å². The van der Waals surface area contributed by atoms with Crippen LogP contribution in [0.4, 0.5) is 5.69 Å². The Morgan fingerprint density at radius 3 is 2.62 bits per heavy atom. The number of nitrogens with zero attached hydrogens (tertiary/aromatic N) is 4. The third kappa shape index (κ3) is 4.33. The van der Waals surface area contributed by atoms with Gasteiger partial charge in [-0.15, -0.1) is 5.10 Å². The molecule has 1 saturated heterocycles. The topological polar surface area (TPSA) is 31.3 Å². The highest BCUT2D eigenvalue weighted by atomic mass is 35.5. The highest BCUT2D eigenvalue weighted by molar-refractivity contribution is 6.42. The van der Waals surface area contributed by atoms with Crippen molar-refractivity contribution >= 4 is 34.8 Å². The molecule has 0 aliphatic carbocycles. The number of piperazine rings is 1. The van der Waals surface area contributed by atoms with Crippen molar-refractivity contribution in [2.45, 2.75) is 19.4 Å². The van der Waals surface area contributed by atoms with Gasteiger partial charge in [-0.3, -0.25) is 9.91 Å². The molecule has 0 radical (unpaired) electrons. The fourth-order valence-corrected chi connectivity index (χ4v) is 3.28. The lowest BCUT2D eigenvalue weighted by Gasteiger charge is -2.32. The minimum Gasteiger partial charge on any atom is -0.478 e. The number of hydrogen-bond donors (Lipinski definition) is 0. The average molecular weight is 371 g/mol. The molecule has 0 aromatic heterocycles. The van der Waals surface area contributed by atoms with Crippen LogP contribution in [-0.4, -0.2) is 68.1 Å². The SMILES string of the molecule is CC1CC(OCCN2CCN(C)CC2)=NN1c1ccc(Cl)c(Cl)c1. The van der Waals surface area contributed by atoms with E-state index >= 15 is 0 Å². The molecule has 1 fully saturated rings. The molecule has 0 N–H and O–H groups in total. The number of anilines is 1. The van der Waals surface area contributed by atoms with Crippen LogP contribution in [0.1, 0.15) is 13.3 Å². The van der Waals surface area contributed by atoms with Crippen LogP contribution in [0.15, 0.2) is 23.3 Å². The van der Waals surface area contributed by atoms with Gasteiger partial charge in [0, 0.05) is 39.1 Å². The zero-order valence-electron chi connectivity index (χ0n) is 14.2. The number of ether oxygens (including phenoxy) is 1. The second kappa shape index (κ2) is 7.91. The van der Waals surface area contributed by atoms with Crippen LogP contribution < -0.4 is 5.01 Å². The molecular weight excluding hydrogens is 347 g/mol. The summed E-state index contributed by atoms with van der Waals surface area (Å²) in [5.74, 6) is 0.794. The molecule has 132 valence electrons. The van der Waals surface area contributed by atoms with Gasteiger partial charge in [-0.2, -0.15) is 0 Å². The minimum absolute atomic E-state index is 0.251. The van der Waals surface area contributed by atoms with Crippen LogP contribution in [0.2, 0.25) is 10.0 Å². The second-order valence-electron chi connectivity index (χ2n) is 6.48. The third-order valence-electron chi connectivity index (χ3n) is 4.55. The summed E-state index contributed by atoms with van der Waals surface area (Å²) in [6, 6.07) is 5.83. The Morgan fingerprint density at radius 1 is 1.17 bits per heavy atom. The molecule has 2 heterocycles. The number of hydrazone groups is 1. The Kier molecular flexibility index (Phi) is 5.87. The van der Waals surface area contributed by atoms with E-state index in [0.29, 0.717) is 16.7 Å². The third-order valence-corrected chi connectivity index (χ3v) is 5.29. The molecule has 1 unspecified atom stereocenters. The molecule has 3 rings (SSSR count). The van der Waals surface area contributed by atoms with Gasteiger partial charge in [0.25, 0.3) is 0 Å². The van der Waals surface area contributed by atoms with Crippen molar-refractivity contribution in [3.05, 3.63) is 28.2 Å². The van der Waals surface area contributed by atoms with Gasteiger partial charge in [-0.1, -0.05) is 23.2 Å². The van der Waals surface area contributed by atoms with Gasteiger partial charge < -0.3 is 9.64 Å². The Labute approximate surface area is 153 Å². The molecule has 5 nitrogen and oxygen atoms in total. The molecule has 24 heavy (non-hydrogen) atoms. The number of likely N-dealkylation sites (N-methyl/N-ethyl adjacent to an activating group) is 1. The number of rotatable bonds is 4. The second-order valence-corrected chi connectivity index (χ2v) is 7.30. The van der Waals surface area contributed by atoms with Crippen LogP contribution in [0.5, 0.6) is 0 Å². The van der Waals surface area contributed by atoms with E-state index in [2.05, 4.69) is 28.9 Å². The first kappa shape index (κ1) is 17.8. The van der Waals surface area contributed by atoms with Crippen LogP contribution in [0.3, 0.4) is 0 Å². The molecule has 1 aromatic carbocycles. The standard InChI is InChI=1S/C17H24Cl2N4O/c1-13-11-17(24-10-9-22-7-5-21(2)6-8-22)20-23(13)14-3-4-15(18)16(19)12-14/h3-4,12-13H,5-11H2,1-2H3. The highest BCUT2D eigenvalue weighted by Gasteiger charge is 2.25. The quantitative estimate of drug-likeness (QED) is 0.814. The number of benzene rings is 1. The summed E-state index contributed by atoms with van der Waals surface area (Å²) in [5, 5.41) is 7.65. The van der Waals surface area contributed by atoms with Crippen molar-refractivity contribution in [2.75, 3.05) is 51.4 Å². The van der Waals surface area contributed by atoms with Crippen molar-refractivity contribution in [2.24, 2.45) is 5.10 Å². The largest absolute Gasteiger partial charge is 0.478 e. The fourth-order valence-electron chi connectivity index (χ4n) is 2.99. The Morgan fingerprint density at radius 2 is 1.92 bits per heavy atom. The Balaban J connectivity index is 1.52. The van der Waals surface area contributed by atoms with Crippen molar-refractivity contribution in [1.82, 2.24) is 9.80 Å². The summed E-state index contributed by atoms with van der Waals surface area (Å²) in [5.41, 5.74) is 0.939.